The van der Waals surface area contributed by atoms with Crippen molar-refractivity contribution in [2.24, 2.45) is 4.99 Å². The molecule has 0 aliphatic heterocycles. The molecule has 1 aromatic heterocycles. The molecule has 8 heteroatoms. The van der Waals surface area contributed by atoms with Crippen LogP contribution >= 0.6 is 11.6 Å². The molecule has 0 aliphatic rings. The number of aromatic nitrogens is 2. The summed E-state index contributed by atoms with van der Waals surface area (Å²) < 4.78 is 6.13. The Morgan fingerprint density at radius 3 is 2.69 bits per heavy atom. The average Bonchev–Trinajstić information content (AvgIpc) is 2.61. The highest BCUT2D eigenvalue weighted by atomic mass is 35.5. The number of nitrogens with zero attached hydrogens (tertiary/aromatic N) is 2. The van der Waals surface area contributed by atoms with Crippen LogP contribution in [0.4, 0.5) is 5.69 Å². The number of ether oxygens (including phenoxy) is 1. The summed E-state index contributed by atoms with van der Waals surface area (Å²) >= 11 is 5.94. The van der Waals surface area contributed by atoms with E-state index >= 15 is 0 Å². The average molecular weight is 372 g/mol. The number of methoxy groups -OCH3 is 1. The Kier molecular flexibility index (Phi) is 4.90. The summed E-state index contributed by atoms with van der Waals surface area (Å²) in [6.07, 6.45) is 1.17. The van der Waals surface area contributed by atoms with E-state index in [2.05, 4.69) is 9.98 Å². The summed E-state index contributed by atoms with van der Waals surface area (Å²) in [4.78, 5) is 30.6. The Labute approximate surface area is 152 Å². The lowest BCUT2D eigenvalue weighted by Gasteiger charge is -2.10. The number of aliphatic imine (C=N–C) groups is 1. The molecule has 1 heterocycles. The van der Waals surface area contributed by atoms with Crippen LogP contribution in [-0.2, 0) is 0 Å². The molecule has 0 aliphatic carbocycles. The Hall–Kier alpha value is -3.32. The number of hydrogen-bond donors (Lipinski definition) is 2. The summed E-state index contributed by atoms with van der Waals surface area (Å²) in [5.74, 6) is -0.0394. The summed E-state index contributed by atoms with van der Waals surface area (Å²) in [6.45, 7) is 0. The van der Waals surface area contributed by atoms with Gasteiger partial charge in [-0.15, -0.1) is 0 Å². The minimum absolute atomic E-state index is 0.171. The molecule has 132 valence electrons. The van der Waals surface area contributed by atoms with Crippen molar-refractivity contribution >= 4 is 23.5 Å². The fourth-order valence-corrected chi connectivity index (χ4v) is 2.56. The molecule has 0 amide bonds. The molecule has 0 radical (unpaired) electrons. The van der Waals surface area contributed by atoms with Crippen LogP contribution in [0.5, 0.6) is 11.6 Å². The molecule has 26 heavy (non-hydrogen) atoms. The van der Waals surface area contributed by atoms with Crippen LogP contribution in [0.2, 0.25) is 5.02 Å². The van der Waals surface area contributed by atoms with Crippen LogP contribution in [0.25, 0.3) is 5.69 Å². The maximum atomic E-state index is 12.1. The van der Waals surface area contributed by atoms with Crippen molar-refractivity contribution in [3.8, 4) is 17.3 Å². The number of nitrogens with one attached hydrogen (secondary N) is 1. The van der Waals surface area contributed by atoms with Crippen LogP contribution < -0.4 is 16.0 Å². The molecule has 0 spiro atoms. The monoisotopic (exact) mass is 371 g/mol. The third kappa shape index (κ3) is 3.38. The number of para-hydroxylation sites is 2. The van der Waals surface area contributed by atoms with E-state index in [9.17, 15) is 14.7 Å². The van der Waals surface area contributed by atoms with Crippen molar-refractivity contribution in [3.63, 3.8) is 0 Å². The molecule has 3 rings (SSSR count). The summed E-state index contributed by atoms with van der Waals surface area (Å²) in [5.41, 5.74) is -0.943. The van der Waals surface area contributed by atoms with E-state index in [1.165, 1.54) is 19.4 Å². The van der Waals surface area contributed by atoms with Crippen molar-refractivity contribution < 1.29 is 9.84 Å². The normalized spacial score (nSPS) is 11.0. The van der Waals surface area contributed by atoms with Gasteiger partial charge in [-0.3, -0.25) is 14.8 Å². The highest BCUT2D eigenvalue weighted by Crippen LogP contribution is 2.26. The van der Waals surface area contributed by atoms with Crippen molar-refractivity contribution in [1.29, 1.82) is 0 Å². The van der Waals surface area contributed by atoms with Gasteiger partial charge in [-0.25, -0.2) is 9.36 Å². The van der Waals surface area contributed by atoms with E-state index in [0.29, 0.717) is 22.1 Å². The summed E-state index contributed by atoms with van der Waals surface area (Å²) in [5, 5.41) is 10.9. The van der Waals surface area contributed by atoms with Crippen molar-refractivity contribution in [1.82, 2.24) is 9.55 Å². The maximum absolute atomic E-state index is 12.1. The minimum Gasteiger partial charge on any atom is -0.494 e. The van der Waals surface area contributed by atoms with E-state index in [0.717, 1.165) is 4.57 Å². The molecule has 0 saturated carbocycles. The molecular weight excluding hydrogens is 358 g/mol. The van der Waals surface area contributed by atoms with Gasteiger partial charge in [-0.2, -0.15) is 0 Å². The van der Waals surface area contributed by atoms with Crippen LogP contribution in [0.15, 0.2) is 63.1 Å². The zero-order chi connectivity index (χ0) is 18.7. The first-order valence-corrected chi connectivity index (χ1v) is 7.90. The molecule has 3 aromatic rings. The lowest BCUT2D eigenvalue weighted by Crippen LogP contribution is -2.31. The first-order chi connectivity index (χ1) is 12.5. The largest absolute Gasteiger partial charge is 0.494 e. The highest BCUT2D eigenvalue weighted by Gasteiger charge is 2.14. The van der Waals surface area contributed by atoms with Crippen LogP contribution in [0.3, 0.4) is 0 Å². The number of aromatic amines is 1. The number of hydrogen-bond acceptors (Lipinski definition) is 5. The van der Waals surface area contributed by atoms with Gasteiger partial charge in [0.05, 0.1) is 12.8 Å². The smallest absolute Gasteiger partial charge is 0.335 e. The predicted molar refractivity (Wildman–Crippen MR) is 99.6 cm³/mol. The van der Waals surface area contributed by atoms with E-state index < -0.39 is 17.1 Å². The van der Waals surface area contributed by atoms with E-state index in [-0.39, 0.29) is 5.56 Å². The number of H-pyrrole nitrogens is 1. The zero-order valence-electron chi connectivity index (χ0n) is 13.6. The molecule has 7 nitrogen and oxygen atoms in total. The van der Waals surface area contributed by atoms with Gasteiger partial charge < -0.3 is 9.84 Å². The van der Waals surface area contributed by atoms with E-state index in [1.54, 1.807) is 42.5 Å². The highest BCUT2D eigenvalue weighted by molar-refractivity contribution is 6.30. The number of halogens is 1. The minimum atomic E-state index is -0.788. The second-order valence-electron chi connectivity index (χ2n) is 5.24. The summed E-state index contributed by atoms with van der Waals surface area (Å²) in [6, 6.07) is 13.2. The van der Waals surface area contributed by atoms with Gasteiger partial charge in [0.2, 0.25) is 5.88 Å². The van der Waals surface area contributed by atoms with Gasteiger partial charge in [-0.05, 0) is 30.3 Å². The molecule has 2 aromatic carbocycles. The van der Waals surface area contributed by atoms with E-state index in [1.807, 2.05) is 0 Å². The van der Waals surface area contributed by atoms with Gasteiger partial charge in [0.15, 0.2) is 0 Å². The fraction of sp³-hybridized carbons (Fsp3) is 0.0556. The topological polar surface area (TPSA) is 96.7 Å². The van der Waals surface area contributed by atoms with Crippen molar-refractivity contribution in [2.75, 3.05) is 7.11 Å². The Bertz CT molecular complexity index is 1100. The van der Waals surface area contributed by atoms with Crippen molar-refractivity contribution in [2.45, 2.75) is 0 Å². The third-order valence-corrected chi connectivity index (χ3v) is 3.84. The molecule has 0 fully saturated rings. The van der Waals surface area contributed by atoms with Crippen molar-refractivity contribution in [3.05, 3.63) is 80.0 Å². The number of aromatic hydroxyl groups is 1. The number of rotatable bonds is 4. The van der Waals surface area contributed by atoms with Crippen LogP contribution in [0, 0.1) is 0 Å². The molecule has 0 bridgehead atoms. The Morgan fingerprint density at radius 2 is 1.96 bits per heavy atom. The Morgan fingerprint density at radius 1 is 1.19 bits per heavy atom. The van der Waals surface area contributed by atoms with Gasteiger partial charge in [0.25, 0.3) is 5.56 Å². The van der Waals surface area contributed by atoms with Gasteiger partial charge in [0.1, 0.15) is 17.0 Å². The van der Waals surface area contributed by atoms with Crippen LogP contribution in [0.1, 0.15) is 5.56 Å². The number of benzene rings is 2. The first-order valence-electron chi connectivity index (χ1n) is 7.52. The van der Waals surface area contributed by atoms with Gasteiger partial charge >= 0.3 is 5.69 Å². The van der Waals surface area contributed by atoms with Crippen LogP contribution in [-0.4, -0.2) is 28.0 Å². The van der Waals surface area contributed by atoms with E-state index in [4.69, 9.17) is 16.3 Å². The first kappa shape index (κ1) is 17.5. The molecular formula is C18H14ClN3O4. The standard InChI is InChI=1S/C18H14ClN3O4/c1-26-15-8-3-2-7-14(15)20-10-13-16(23)21-18(25)22(17(13)24)12-6-4-5-11(19)9-12/h2-10,24H,1H3,(H,21,23,25). The van der Waals surface area contributed by atoms with Gasteiger partial charge in [0, 0.05) is 11.2 Å². The molecule has 0 unspecified atom stereocenters. The fourth-order valence-electron chi connectivity index (χ4n) is 2.38. The molecule has 2 N–H and O–H groups in total. The van der Waals surface area contributed by atoms with Gasteiger partial charge in [-0.1, -0.05) is 29.8 Å². The third-order valence-electron chi connectivity index (χ3n) is 3.61. The second-order valence-corrected chi connectivity index (χ2v) is 5.68. The Balaban J connectivity index is 2.14. The lowest BCUT2D eigenvalue weighted by atomic mass is 10.2. The predicted octanol–water partition coefficient (Wildman–Crippen LogP) is 2.64. The SMILES string of the molecule is COc1ccccc1N=Cc1c(O)n(-c2cccc(Cl)c2)c(=O)[nH]c1=O. The zero-order valence-corrected chi connectivity index (χ0v) is 14.4. The molecule has 0 atom stereocenters. The summed E-state index contributed by atoms with van der Waals surface area (Å²) in [7, 11) is 1.50. The quantitative estimate of drug-likeness (QED) is 0.689. The molecule has 0 saturated heterocycles. The lowest BCUT2D eigenvalue weighted by molar-refractivity contribution is 0.416. The second kappa shape index (κ2) is 7.28. The maximum Gasteiger partial charge on any atom is 0.335 e.